The smallest absolute Gasteiger partial charge is 0.241 e. The molecule has 0 saturated carbocycles. The summed E-state index contributed by atoms with van der Waals surface area (Å²) in [5, 5.41) is 7.78. The second-order valence-electron chi connectivity index (χ2n) is 8.22. The van der Waals surface area contributed by atoms with E-state index >= 15 is 0 Å². The van der Waals surface area contributed by atoms with E-state index in [0.717, 1.165) is 31.5 Å². The van der Waals surface area contributed by atoms with Crippen molar-refractivity contribution in [1.29, 1.82) is 0 Å². The van der Waals surface area contributed by atoms with Crippen LogP contribution in [0.3, 0.4) is 0 Å². The first-order valence-electron chi connectivity index (χ1n) is 10.9. The van der Waals surface area contributed by atoms with Crippen LogP contribution in [-0.4, -0.2) is 40.1 Å². The van der Waals surface area contributed by atoms with Crippen LogP contribution in [0, 0.1) is 5.92 Å². The molecule has 1 N–H and O–H groups in total. The first-order valence-corrected chi connectivity index (χ1v) is 11.2. The maximum absolute atomic E-state index is 12.8. The number of nitrogens with zero attached hydrogens (tertiary/aromatic N) is 3. The average Bonchev–Trinajstić information content (AvgIpc) is 3.24. The Morgan fingerprint density at radius 1 is 1.19 bits per heavy atom. The molecular weight excluding hydrogens is 428 g/mol. The van der Waals surface area contributed by atoms with E-state index in [-0.39, 0.29) is 17.9 Å². The zero-order chi connectivity index (χ0) is 22.5. The molecule has 0 bridgehead atoms. The van der Waals surface area contributed by atoms with Crippen molar-refractivity contribution in [2.24, 2.45) is 5.92 Å². The third-order valence-electron chi connectivity index (χ3n) is 5.40. The predicted octanol–water partition coefficient (Wildman–Crippen LogP) is 5.03. The van der Waals surface area contributed by atoms with E-state index in [1.807, 2.05) is 50.2 Å². The molecule has 3 aromatic rings. The molecule has 2 aromatic carbocycles. The number of nitrogens with one attached hydrogen (secondary N) is 1. The number of amides is 1. The van der Waals surface area contributed by atoms with Crippen LogP contribution in [0.1, 0.15) is 32.6 Å². The highest BCUT2D eigenvalue weighted by molar-refractivity contribution is 6.30. The van der Waals surface area contributed by atoms with Gasteiger partial charge in [0.25, 0.3) is 0 Å². The predicted molar refractivity (Wildman–Crippen MR) is 124 cm³/mol. The number of halogens is 1. The Hall–Kier alpha value is -2.90. The maximum Gasteiger partial charge on any atom is 0.241 e. The number of para-hydroxylation sites is 2. The lowest BCUT2D eigenvalue weighted by molar-refractivity contribution is -0.121. The van der Waals surface area contributed by atoms with Gasteiger partial charge in [0.2, 0.25) is 17.6 Å². The topological polar surface area (TPSA) is 80.5 Å². The first-order chi connectivity index (χ1) is 15.5. The zero-order valence-electron chi connectivity index (χ0n) is 18.3. The molecule has 0 unspecified atom stereocenters. The average molecular weight is 455 g/mol. The Kier molecular flexibility index (Phi) is 7.07. The molecule has 32 heavy (non-hydrogen) atoms. The van der Waals surface area contributed by atoms with Gasteiger partial charge in [0.1, 0.15) is 5.75 Å². The zero-order valence-corrected chi connectivity index (χ0v) is 19.0. The molecular formula is C24H27ClN4O3. The third-order valence-corrected chi connectivity index (χ3v) is 5.65. The highest BCUT2D eigenvalue weighted by Crippen LogP contribution is 2.27. The quantitative estimate of drug-likeness (QED) is 0.539. The van der Waals surface area contributed by atoms with E-state index in [0.29, 0.717) is 34.7 Å². The van der Waals surface area contributed by atoms with Crippen LogP contribution in [0.2, 0.25) is 5.02 Å². The molecule has 0 atom stereocenters. The number of hydrogen-bond acceptors (Lipinski definition) is 6. The number of hydrogen-bond donors (Lipinski definition) is 1. The summed E-state index contributed by atoms with van der Waals surface area (Å²) >= 11 is 5.93. The summed E-state index contributed by atoms with van der Waals surface area (Å²) in [5.74, 6) is 1.81. The van der Waals surface area contributed by atoms with Crippen LogP contribution in [-0.2, 0) is 11.3 Å². The number of ether oxygens (including phenoxy) is 1. The van der Waals surface area contributed by atoms with Crippen LogP contribution >= 0.6 is 11.6 Å². The second kappa shape index (κ2) is 10.1. The summed E-state index contributed by atoms with van der Waals surface area (Å²) < 4.78 is 11.2. The van der Waals surface area contributed by atoms with Gasteiger partial charge in [0.05, 0.1) is 18.3 Å². The van der Waals surface area contributed by atoms with E-state index in [4.69, 9.17) is 20.9 Å². The first kappa shape index (κ1) is 22.3. The van der Waals surface area contributed by atoms with Crippen molar-refractivity contribution < 1.29 is 14.1 Å². The second-order valence-corrected chi connectivity index (χ2v) is 8.66. The highest BCUT2D eigenvalue weighted by Gasteiger charge is 2.26. The monoisotopic (exact) mass is 454 g/mol. The minimum absolute atomic E-state index is 0.0345. The Balaban J connectivity index is 1.29. The van der Waals surface area contributed by atoms with Crippen molar-refractivity contribution in [3.63, 3.8) is 0 Å². The van der Waals surface area contributed by atoms with Gasteiger partial charge in [-0.3, -0.25) is 9.69 Å². The van der Waals surface area contributed by atoms with E-state index in [1.54, 1.807) is 12.1 Å². The van der Waals surface area contributed by atoms with Gasteiger partial charge in [-0.25, -0.2) is 0 Å². The minimum Gasteiger partial charge on any atom is -0.489 e. The van der Waals surface area contributed by atoms with Gasteiger partial charge < -0.3 is 14.6 Å². The summed E-state index contributed by atoms with van der Waals surface area (Å²) in [6, 6.07) is 14.9. The molecule has 0 radical (unpaired) electrons. The van der Waals surface area contributed by atoms with E-state index in [9.17, 15) is 4.79 Å². The van der Waals surface area contributed by atoms with Crippen LogP contribution < -0.4 is 10.1 Å². The fourth-order valence-electron chi connectivity index (χ4n) is 3.74. The summed E-state index contributed by atoms with van der Waals surface area (Å²) in [5.41, 5.74) is 1.58. The van der Waals surface area contributed by atoms with Gasteiger partial charge in [-0.05, 0) is 76.2 Å². The normalized spacial score (nSPS) is 15.1. The number of carbonyl (C=O) groups excluding carboxylic acids is 1. The molecule has 1 aliphatic heterocycles. The van der Waals surface area contributed by atoms with Crippen LogP contribution in [0.15, 0.2) is 53.1 Å². The number of aromatic nitrogens is 2. The van der Waals surface area contributed by atoms with E-state index < -0.39 is 0 Å². The lowest BCUT2D eigenvalue weighted by Gasteiger charge is -2.30. The van der Waals surface area contributed by atoms with E-state index in [1.165, 1.54) is 0 Å². The molecule has 8 heteroatoms. The maximum atomic E-state index is 12.8. The molecule has 1 aliphatic rings. The lowest BCUT2D eigenvalue weighted by Crippen LogP contribution is -2.37. The molecule has 1 fully saturated rings. The van der Waals surface area contributed by atoms with Gasteiger partial charge in [0, 0.05) is 16.5 Å². The van der Waals surface area contributed by atoms with Crippen molar-refractivity contribution in [2.45, 2.75) is 39.3 Å². The molecule has 2 heterocycles. The molecule has 1 aromatic heterocycles. The fourth-order valence-corrected chi connectivity index (χ4v) is 3.87. The van der Waals surface area contributed by atoms with Gasteiger partial charge in [0.15, 0.2) is 0 Å². The number of carbonyl (C=O) groups is 1. The van der Waals surface area contributed by atoms with Crippen LogP contribution in [0.5, 0.6) is 5.75 Å². The van der Waals surface area contributed by atoms with Gasteiger partial charge in [-0.1, -0.05) is 28.9 Å². The molecule has 0 aliphatic carbocycles. The lowest BCUT2D eigenvalue weighted by atomic mass is 9.96. The SMILES string of the molecule is CC(C)Oc1ccccc1NC(=O)C1CCN(Cc2nc(-c3ccc(Cl)cc3)no2)CC1. The Labute approximate surface area is 192 Å². The number of rotatable bonds is 7. The molecule has 1 amide bonds. The van der Waals surface area contributed by atoms with Crippen LogP contribution in [0.25, 0.3) is 11.4 Å². The summed E-state index contributed by atoms with van der Waals surface area (Å²) in [4.78, 5) is 19.5. The molecule has 7 nitrogen and oxygen atoms in total. The standard InChI is InChI=1S/C24H27ClN4O3/c1-16(2)31-21-6-4-3-5-20(21)26-24(30)18-11-13-29(14-12-18)15-22-27-23(28-32-22)17-7-9-19(25)10-8-17/h3-10,16,18H,11-15H2,1-2H3,(H,26,30). The van der Waals surface area contributed by atoms with Gasteiger partial charge in [-0.15, -0.1) is 0 Å². The summed E-state index contributed by atoms with van der Waals surface area (Å²) in [7, 11) is 0. The number of benzene rings is 2. The number of anilines is 1. The van der Waals surface area contributed by atoms with E-state index in [2.05, 4.69) is 20.4 Å². The largest absolute Gasteiger partial charge is 0.489 e. The van der Waals surface area contributed by atoms with Crippen LogP contribution in [0.4, 0.5) is 5.69 Å². The highest BCUT2D eigenvalue weighted by atomic mass is 35.5. The van der Waals surface area contributed by atoms with Crippen molar-refractivity contribution in [2.75, 3.05) is 18.4 Å². The van der Waals surface area contributed by atoms with Crippen molar-refractivity contribution in [1.82, 2.24) is 15.0 Å². The Bertz CT molecular complexity index is 1040. The number of piperidine rings is 1. The molecule has 168 valence electrons. The Morgan fingerprint density at radius 3 is 2.62 bits per heavy atom. The molecule has 4 rings (SSSR count). The van der Waals surface area contributed by atoms with Gasteiger partial charge in [-0.2, -0.15) is 4.98 Å². The van der Waals surface area contributed by atoms with Crippen molar-refractivity contribution >= 4 is 23.2 Å². The van der Waals surface area contributed by atoms with Gasteiger partial charge >= 0.3 is 0 Å². The third kappa shape index (κ3) is 5.66. The molecule has 1 saturated heterocycles. The Morgan fingerprint density at radius 2 is 1.91 bits per heavy atom. The summed E-state index contributed by atoms with van der Waals surface area (Å²) in [6.07, 6.45) is 1.59. The van der Waals surface area contributed by atoms with Crippen molar-refractivity contribution in [3.8, 4) is 17.1 Å². The summed E-state index contributed by atoms with van der Waals surface area (Å²) in [6.45, 7) is 6.09. The molecule has 0 spiro atoms. The fraction of sp³-hybridized carbons (Fsp3) is 0.375. The number of likely N-dealkylation sites (tertiary alicyclic amines) is 1. The minimum atomic E-state index is -0.0364. The van der Waals surface area contributed by atoms with Crippen molar-refractivity contribution in [3.05, 3.63) is 59.4 Å².